The Labute approximate surface area is 147 Å². The van der Waals surface area contributed by atoms with Crippen molar-refractivity contribution in [2.75, 3.05) is 7.11 Å². The lowest BCUT2D eigenvalue weighted by atomic mass is 10.2. The van der Waals surface area contributed by atoms with Crippen molar-refractivity contribution >= 4 is 17.3 Å². The Kier molecular flexibility index (Phi) is 4.80. The molecule has 1 aromatic heterocycles. The van der Waals surface area contributed by atoms with E-state index in [0.717, 1.165) is 5.56 Å². The van der Waals surface area contributed by atoms with Gasteiger partial charge >= 0.3 is 0 Å². The molecule has 0 N–H and O–H groups in total. The molecule has 0 atom stereocenters. The van der Waals surface area contributed by atoms with E-state index in [2.05, 4.69) is 10.1 Å². The Hall–Kier alpha value is -3.13. The average Bonchev–Trinajstić information content (AvgIpc) is 3.08. The van der Waals surface area contributed by atoms with Crippen LogP contribution in [0.5, 0.6) is 11.5 Å². The zero-order chi connectivity index (χ0) is 17.8. The average molecular weight is 362 g/mol. The van der Waals surface area contributed by atoms with Crippen molar-refractivity contribution in [1.29, 1.82) is 0 Å². The smallest absolute Gasteiger partial charge is 0.273 e. The fraction of sp³-hybridized carbons (Fsp3) is 0.125. The molecule has 0 saturated heterocycles. The first-order valence-corrected chi connectivity index (χ1v) is 7.48. The molecule has 0 aliphatic rings. The van der Waals surface area contributed by atoms with Gasteiger partial charge in [0.25, 0.3) is 11.6 Å². The Morgan fingerprint density at radius 2 is 2.08 bits per heavy atom. The van der Waals surface area contributed by atoms with E-state index in [1.54, 1.807) is 24.3 Å². The minimum absolute atomic E-state index is 0.0122. The molecule has 0 aliphatic carbocycles. The number of nitro groups is 1. The van der Waals surface area contributed by atoms with E-state index in [4.69, 9.17) is 25.6 Å². The second-order valence-electron chi connectivity index (χ2n) is 4.90. The lowest BCUT2D eigenvalue weighted by molar-refractivity contribution is -0.385. The number of nitro benzene ring substituents is 1. The number of aromatic nitrogens is 2. The maximum atomic E-state index is 10.8. The maximum absolute atomic E-state index is 10.8. The molecule has 0 bridgehead atoms. The number of hydrogen-bond acceptors (Lipinski definition) is 7. The highest BCUT2D eigenvalue weighted by Gasteiger charge is 2.14. The summed E-state index contributed by atoms with van der Waals surface area (Å²) in [6.07, 6.45) is 0. The Morgan fingerprint density at radius 1 is 1.24 bits per heavy atom. The molecule has 8 nitrogen and oxygen atoms in total. The van der Waals surface area contributed by atoms with Crippen molar-refractivity contribution in [3.8, 4) is 22.9 Å². The first-order valence-electron chi connectivity index (χ1n) is 7.10. The highest BCUT2D eigenvalue weighted by Crippen LogP contribution is 2.31. The van der Waals surface area contributed by atoms with Crippen LogP contribution in [0.25, 0.3) is 11.4 Å². The van der Waals surface area contributed by atoms with Crippen LogP contribution < -0.4 is 9.47 Å². The second kappa shape index (κ2) is 7.18. The van der Waals surface area contributed by atoms with E-state index in [1.165, 1.54) is 25.3 Å². The standard InChI is InChI=1S/C16H12ClN3O5/c1-23-14-8-12(20(21)22)5-6-13(14)24-9-15-18-16(19-25-15)10-3-2-4-11(17)7-10/h2-8H,9H2,1H3. The quantitative estimate of drug-likeness (QED) is 0.485. The zero-order valence-corrected chi connectivity index (χ0v) is 13.8. The summed E-state index contributed by atoms with van der Waals surface area (Å²) in [6.45, 7) is -0.0122. The van der Waals surface area contributed by atoms with Gasteiger partial charge in [0.2, 0.25) is 5.82 Å². The summed E-state index contributed by atoms with van der Waals surface area (Å²) in [5.74, 6) is 1.20. The Balaban J connectivity index is 1.73. The van der Waals surface area contributed by atoms with Gasteiger partial charge in [0.15, 0.2) is 18.1 Å². The summed E-state index contributed by atoms with van der Waals surface area (Å²) in [7, 11) is 1.40. The Morgan fingerprint density at radius 3 is 2.80 bits per heavy atom. The molecule has 9 heteroatoms. The first kappa shape index (κ1) is 16.7. The SMILES string of the molecule is COc1cc([N+](=O)[O-])ccc1OCc1nc(-c2cccc(Cl)c2)no1. The van der Waals surface area contributed by atoms with Gasteiger partial charge in [-0.05, 0) is 18.2 Å². The van der Waals surface area contributed by atoms with Crippen LogP contribution in [0.1, 0.15) is 5.89 Å². The molecule has 0 fully saturated rings. The normalized spacial score (nSPS) is 10.5. The predicted octanol–water partition coefficient (Wildman–Crippen LogP) is 3.89. The molecular weight excluding hydrogens is 350 g/mol. The number of methoxy groups -OCH3 is 1. The van der Waals surface area contributed by atoms with Crippen LogP contribution in [-0.4, -0.2) is 22.2 Å². The van der Waals surface area contributed by atoms with Crippen molar-refractivity contribution in [2.24, 2.45) is 0 Å². The molecule has 3 rings (SSSR count). The van der Waals surface area contributed by atoms with E-state index < -0.39 is 4.92 Å². The summed E-state index contributed by atoms with van der Waals surface area (Å²) in [4.78, 5) is 14.5. The third-order valence-electron chi connectivity index (χ3n) is 3.26. The minimum Gasteiger partial charge on any atom is -0.493 e. The van der Waals surface area contributed by atoms with Gasteiger partial charge in [-0.25, -0.2) is 0 Å². The number of benzene rings is 2. The van der Waals surface area contributed by atoms with Crippen LogP contribution in [0.15, 0.2) is 47.0 Å². The van der Waals surface area contributed by atoms with Gasteiger partial charge in [-0.2, -0.15) is 4.98 Å². The van der Waals surface area contributed by atoms with Gasteiger partial charge in [0, 0.05) is 16.7 Å². The largest absolute Gasteiger partial charge is 0.493 e. The summed E-state index contributed by atoms with van der Waals surface area (Å²) in [6, 6.07) is 11.1. The van der Waals surface area contributed by atoms with Gasteiger partial charge in [0.1, 0.15) is 0 Å². The molecule has 2 aromatic carbocycles. The number of halogens is 1. The number of nitrogens with zero attached hydrogens (tertiary/aromatic N) is 3. The molecule has 0 saturated carbocycles. The second-order valence-corrected chi connectivity index (χ2v) is 5.34. The van der Waals surface area contributed by atoms with Crippen LogP contribution in [0.2, 0.25) is 5.02 Å². The van der Waals surface area contributed by atoms with Gasteiger partial charge in [-0.1, -0.05) is 28.9 Å². The van der Waals surface area contributed by atoms with Gasteiger partial charge in [-0.3, -0.25) is 10.1 Å². The van der Waals surface area contributed by atoms with E-state index >= 15 is 0 Å². The van der Waals surface area contributed by atoms with Crippen LogP contribution in [0.3, 0.4) is 0 Å². The number of non-ortho nitro benzene ring substituents is 1. The first-order chi connectivity index (χ1) is 12.1. The molecule has 0 amide bonds. The molecular formula is C16H12ClN3O5. The highest BCUT2D eigenvalue weighted by atomic mass is 35.5. The fourth-order valence-electron chi connectivity index (χ4n) is 2.09. The monoisotopic (exact) mass is 361 g/mol. The van der Waals surface area contributed by atoms with E-state index in [9.17, 15) is 10.1 Å². The van der Waals surface area contributed by atoms with Gasteiger partial charge in [-0.15, -0.1) is 0 Å². The van der Waals surface area contributed by atoms with Gasteiger partial charge in [0.05, 0.1) is 18.1 Å². The predicted molar refractivity (Wildman–Crippen MR) is 88.7 cm³/mol. The van der Waals surface area contributed by atoms with E-state index in [1.807, 2.05) is 0 Å². The lowest BCUT2D eigenvalue weighted by Gasteiger charge is -2.08. The molecule has 0 radical (unpaired) electrons. The van der Waals surface area contributed by atoms with Crippen LogP contribution in [-0.2, 0) is 6.61 Å². The van der Waals surface area contributed by atoms with Crippen molar-refractivity contribution in [3.05, 3.63) is 63.5 Å². The van der Waals surface area contributed by atoms with Crippen LogP contribution >= 0.6 is 11.6 Å². The summed E-state index contributed by atoms with van der Waals surface area (Å²) in [5, 5.41) is 15.2. The van der Waals surface area contributed by atoms with Crippen LogP contribution in [0.4, 0.5) is 5.69 Å². The molecule has 3 aromatic rings. The fourth-order valence-corrected chi connectivity index (χ4v) is 2.28. The van der Waals surface area contributed by atoms with Gasteiger partial charge < -0.3 is 14.0 Å². The van der Waals surface area contributed by atoms with E-state index in [-0.39, 0.29) is 23.9 Å². The summed E-state index contributed by atoms with van der Waals surface area (Å²) >= 11 is 5.94. The molecule has 1 heterocycles. The molecule has 0 spiro atoms. The molecule has 128 valence electrons. The van der Waals surface area contributed by atoms with Crippen molar-refractivity contribution < 1.29 is 18.9 Å². The van der Waals surface area contributed by atoms with Crippen molar-refractivity contribution in [3.63, 3.8) is 0 Å². The third-order valence-corrected chi connectivity index (χ3v) is 3.50. The Bertz CT molecular complexity index is 912. The number of ether oxygens (including phenoxy) is 2. The van der Waals surface area contributed by atoms with Crippen LogP contribution in [0, 0.1) is 10.1 Å². The van der Waals surface area contributed by atoms with E-state index in [0.29, 0.717) is 16.6 Å². The highest BCUT2D eigenvalue weighted by molar-refractivity contribution is 6.30. The minimum atomic E-state index is -0.512. The molecule has 0 unspecified atom stereocenters. The molecule has 25 heavy (non-hydrogen) atoms. The zero-order valence-electron chi connectivity index (χ0n) is 13.0. The third kappa shape index (κ3) is 3.86. The number of rotatable bonds is 6. The molecule has 0 aliphatic heterocycles. The summed E-state index contributed by atoms with van der Waals surface area (Å²) in [5.41, 5.74) is 0.626. The summed E-state index contributed by atoms with van der Waals surface area (Å²) < 4.78 is 15.8. The van der Waals surface area contributed by atoms with Crippen molar-refractivity contribution in [1.82, 2.24) is 10.1 Å². The topological polar surface area (TPSA) is 101 Å². The number of hydrogen-bond donors (Lipinski definition) is 0. The lowest BCUT2D eigenvalue weighted by Crippen LogP contribution is -1.99. The van der Waals surface area contributed by atoms with Crippen molar-refractivity contribution in [2.45, 2.75) is 6.61 Å². The maximum Gasteiger partial charge on any atom is 0.273 e.